The van der Waals surface area contributed by atoms with Crippen molar-refractivity contribution in [2.45, 2.75) is 19.1 Å². The molecule has 0 aliphatic rings. The van der Waals surface area contributed by atoms with Crippen LogP contribution in [0.2, 0.25) is 0 Å². The van der Waals surface area contributed by atoms with Crippen LogP contribution in [0.3, 0.4) is 0 Å². The van der Waals surface area contributed by atoms with Gasteiger partial charge in [-0.05, 0) is 20.1 Å². The average molecular weight is 168 g/mol. The fourth-order valence-corrected chi connectivity index (χ4v) is 1.14. The van der Waals surface area contributed by atoms with Gasteiger partial charge in [-0.25, -0.2) is 9.97 Å². The summed E-state index contributed by atoms with van der Waals surface area (Å²) in [4.78, 5) is 8.25. The zero-order chi connectivity index (χ0) is 8.27. The third-order valence-electron chi connectivity index (χ3n) is 1.62. The highest BCUT2D eigenvalue weighted by Gasteiger charge is 2.02. The molecule has 0 N–H and O–H groups in total. The Labute approximate surface area is 71.5 Å². The molecule has 0 radical (unpaired) electrons. The fourth-order valence-electron chi connectivity index (χ4n) is 0.749. The first-order chi connectivity index (χ1) is 5.24. The Morgan fingerprint density at radius 2 is 1.91 bits per heavy atom. The smallest absolute Gasteiger partial charge is 0.125 e. The highest BCUT2D eigenvalue weighted by Crippen LogP contribution is 2.23. The van der Waals surface area contributed by atoms with Gasteiger partial charge in [-0.15, -0.1) is 0 Å². The van der Waals surface area contributed by atoms with E-state index in [0.717, 1.165) is 5.82 Å². The van der Waals surface area contributed by atoms with E-state index in [9.17, 15) is 0 Å². The maximum Gasteiger partial charge on any atom is 0.125 e. The van der Waals surface area contributed by atoms with Crippen LogP contribution in [0.25, 0.3) is 0 Å². The second kappa shape index (κ2) is 3.72. The lowest BCUT2D eigenvalue weighted by molar-refractivity contribution is 0.978. The first-order valence-electron chi connectivity index (χ1n) is 3.55. The molecule has 1 aromatic heterocycles. The molecular formula is C8H12N2S. The molecule has 0 aliphatic carbocycles. The molecule has 11 heavy (non-hydrogen) atoms. The van der Waals surface area contributed by atoms with E-state index < -0.39 is 0 Å². The third kappa shape index (κ3) is 2.19. The molecule has 1 rings (SSSR count). The van der Waals surface area contributed by atoms with Crippen LogP contribution in [0, 0.1) is 6.92 Å². The Balaban J connectivity index is 2.81. The molecular weight excluding hydrogens is 156 g/mol. The van der Waals surface area contributed by atoms with E-state index >= 15 is 0 Å². The number of nitrogens with zero attached hydrogens (tertiary/aromatic N) is 2. The second-order valence-corrected chi connectivity index (χ2v) is 3.62. The zero-order valence-electron chi connectivity index (χ0n) is 7.03. The molecule has 0 fully saturated rings. The van der Waals surface area contributed by atoms with Crippen LogP contribution in [0.1, 0.15) is 23.6 Å². The van der Waals surface area contributed by atoms with Crippen LogP contribution in [0.5, 0.6) is 0 Å². The van der Waals surface area contributed by atoms with Crippen molar-refractivity contribution in [1.29, 1.82) is 0 Å². The topological polar surface area (TPSA) is 25.8 Å². The number of rotatable bonds is 2. The van der Waals surface area contributed by atoms with Crippen LogP contribution in [0.15, 0.2) is 12.4 Å². The fraction of sp³-hybridized carbons (Fsp3) is 0.500. The van der Waals surface area contributed by atoms with Gasteiger partial charge < -0.3 is 0 Å². The quantitative estimate of drug-likeness (QED) is 0.677. The molecule has 0 aromatic carbocycles. The lowest BCUT2D eigenvalue weighted by Crippen LogP contribution is -1.92. The monoisotopic (exact) mass is 168 g/mol. The van der Waals surface area contributed by atoms with E-state index in [4.69, 9.17) is 0 Å². The first-order valence-corrected chi connectivity index (χ1v) is 4.84. The predicted octanol–water partition coefficient (Wildman–Crippen LogP) is 2.21. The summed E-state index contributed by atoms with van der Waals surface area (Å²) < 4.78 is 0. The second-order valence-electron chi connectivity index (χ2n) is 2.44. The number of aryl methyl sites for hydroxylation is 1. The average Bonchev–Trinajstić information content (AvgIpc) is 2.05. The molecule has 1 heterocycles. The molecule has 0 amide bonds. The van der Waals surface area contributed by atoms with Crippen LogP contribution >= 0.6 is 11.8 Å². The van der Waals surface area contributed by atoms with Crippen molar-refractivity contribution in [1.82, 2.24) is 9.97 Å². The van der Waals surface area contributed by atoms with Crippen molar-refractivity contribution in [3.05, 3.63) is 23.8 Å². The van der Waals surface area contributed by atoms with Crippen LogP contribution in [0.4, 0.5) is 0 Å². The summed E-state index contributed by atoms with van der Waals surface area (Å²) in [7, 11) is 0. The van der Waals surface area contributed by atoms with Gasteiger partial charge >= 0.3 is 0 Å². The van der Waals surface area contributed by atoms with Crippen LogP contribution in [-0.4, -0.2) is 16.2 Å². The lowest BCUT2D eigenvalue weighted by atomic mass is 10.3. The lowest BCUT2D eigenvalue weighted by Gasteiger charge is -2.06. The summed E-state index contributed by atoms with van der Waals surface area (Å²) in [5, 5.41) is 0.496. The van der Waals surface area contributed by atoms with Gasteiger partial charge in [-0.3, -0.25) is 0 Å². The van der Waals surface area contributed by atoms with Gasteiger partial charge in [0.05, 0.1) is 0 Å². The van der Waals surface area contributed by atoms with Gasteiger partial charge in [0, 0.05) is 23.2 Å². The van der Waals surface area contributed by atoms with E-state index in [-0.39, 0.29) is 0 Å². The summed E-state index contributed by atoms with van der Waals surface area (Å²) in [5.41, 5.74) is 1.20. The number of thioether (sulfide) groups is 1. The van der Waals surface area contributed by atoms with Gasteiger partial charge in [0.25, 0.3) is 0 Å². The minimum atomic E-state index is 0.496. The van der Waals surface area contributed by atoms with Crippen molar-refractivity contribution < 1.29 is 0 Å². The number of hydrogen-bond donors (Lipinski definition) is 0. The Bertz CT molecular complexity index is 220. The Morgan fingerprint density at radius 1 is 1.36 bits per heavy atom. The van der Waals surface area contributed by atoms with Crippen molar-refractivity contribution in [3.63, 3.8) is 0 Å². The maximum absolute atomic E-state index is 4.12. The minimum Gasteiger partial charge on any atom is -0.241 e. The predicted molar refractivity (Wildman–Crippen MR) is 48.7 cm³/mol. The normalized spacial score (nSPS) is 13.0. The van der Waals surface area contributed by atoms with Crippen molar-refractivity contribution in [2.24, 2.45) is 0 Å². The first kappa shape index (κ1) is 8.53. The molecule has 0 saturated carbocycles. The summed E-state index contributed by atoms with van der Waals surface area (Å²) in [6.45, 7) is 4.05. The van der Waals surface area contributed by atoms with Crippen LogP contribution in [-0.2, 0) is 0 Å². The van der Waals surface area contributed by atoms with E-state index in [0.29, 0.717) is 5.25 Å². The van der Waals surface area contributed by atoms with Crippen LogP contribution < -0.4 is 0 Å². The third-order valence-corrected chi connectivity index (χ3v) is 2.60. The number of aromatic nitrogens is 2. The van der Waals surface area contributed by atoms with Gasteiger partial charge in [-0.1, -0.05) is 0 Å². The largest absolute Gasteiger partial charge is 0.241 e. The van der Waals surface area contributed by atoms with E-state index in [1.165, 1.54) is 5.56 Å². The molecule has 0 spiro atoms. The molecule has 1 unspecified atom stereocenters. The maximum atomic E-state index is 4.12. The molecule has 3 heteroatoms. The standard InChI is InChI=1S/C8H12N2S/c1-6(11-3)8-4-9-7(2)10-5-8/h4-6H,1-3H3. The van der Waals surface area contributed by atoms with E-state index in [2.05, 4.69) is 23.1 Å². The number of hydrogen-bond acceptors (Lipinski definition) is 3. The van der Waals surface area contributed by atoms with E-state index in [1.54, 1.807) is 11.8 Å². The van der Waals surface area contributed by atoms with Gasteiger partial charge in [-0.2, -0.15) is 11.8 Å². The molecule has 0 saturated heterocycles. The highest BCUT2D eigenvalue weighted by atomic mass is 32.2. The van der Waals surface area contributed by atoms with Crippen molar-refractivity contribution >= 4 is 11.8 Å². The Morgan fingerprint density at radius 3 is 2.36 bits per heavy atom. The highest BCUT2D eigenvalue weighted by molar-refractivity contribution is 7.98. The minimum absolute atomic E-state index is 0.496. The summed E-state index contributed by atoms with van der Waals surface area (Å²) in [6.07, 6.45) is 5.87. The Kier molecular flexibility index (Phi) is 2.88. The molecule has 0 bridgehead atoms. The van der Waals surface area contributed by atoms with Crippen molar-refractivity contribution in [3.8, 4) is 0 Å². The van der Waals surface area contributed by atoms with E-state index in [1.807, 2.05) is 19.3 Å². The SMILES string of the molecule is CSC(C)c1cnc(C)nc1. The van der Waals surface area contributed by atoms with Gasteiger partial charge in [0.15, 0.2) is 0 Å². The summed E-state index contributed by atoms with van der Waals surface area (Å²) in [5.74, 6) is 0.835. The molecule has 60 valence electrons. The molecule has 0 aliphatic heterocycles. The van der Waals surface area contributed by atoms with Crippen molar-refractivity contribution in [2.75, 3.05) is 6.26 Å². The Hall–Kier alpha value is -0.570. The summed E-state index contributed by atoms with van der Waals surface area (Å²) in [6, 6.07) is 0. The van der Waals surface area contributed by atoms with Gasteiger partial charge in [0.2, 0.25) is 0 Å². The zero-order valence-corrected chi connectivity index (χ0v) is 7.85. The molecule has 2 nitrogen and oxygen atoms in total. The molecule has 1 atom stereocenters. The molecule has 1 aromatic rings. The van der Waals surface area contributed by atoms with Gasteiger partial charge in [0.1, 0.15) is 5.82 Å². The summed E-state index contributed by atoms with van der Waals surface area (Å²) >= 11 is 1.80.